The molecule has 2 aliphatic carbocycles. The van der Waals surface area contributed by atoms with Crippen LogP contribution < -0.4 is 0 Å². The van der Waals surface area contributed by atoms with Crippen molar-refractivity contribution in [2.45, 2.75) is 37.2 Å². The second-order valence-electron chi connectivity index (χ2n) is 6.04. The van der Waals surface area contributed by atoms with Gasteiger partial charge in [0.2, 0.25) is 0 Å². The van der Waals surface area contributed by atoms with E-state index in [4.69, 9.17) is 4.18 Å². The van der Waals surface area contributed by atoms with Crippen LogP contribution in [-0.4, -0.2) is 26.2 Å². The Morgan fingerprint density at radius 3 is 2.45 bits per heavy atom. The van der Waals surface area contributed by atoms with Gasteiger partial charge in [-0.05, 0) is 50.2 Å². The molecule has 3 rings (SSSR count). The summed E-state index contributed by atoms with van der Waals surface area (Å²) in [4.78, 5) is 0.181. The van der Waals surface area contributed by atoms with Crippen LogP contribution in [0.2, 0.25) is 0 Å². The maximum atomic E-state index is 12.1. The molecule has 1 aromatic rings. The van der Waals surface area contributed by atoms with Crippen molar-refractivity contribution in [1.82, 2.24) is 0 Å². The second kappa shape index (κ2) is 5.13. The van der Waals surface area contributed by atoms with Crippen molar-refractivity contribution in [3.05, 3.63) is 29.8 Å². The van der Waals surface area contributed by atoms with E-state index in [2.05, 4.69) is 0 Å². The summed E-state index contributed by atoms with van der Waals surface area (Å²) in [5.41, 5.74) is 1.01. The molecule has 4 atom stereocenters. The van der Waals surface area contributed by atoms with Gasteiger partial charge in [0.25, 0.3) is 10.1 Å². The molecule has 0 aromatic heterocycles. The highest BCUT2D eigenvalue weighted by Gasteiger charge is 2.47. The fraction of sp³-hybridized carbons (Fsp3) is 0.600. The smallest absolute Gasteiger partial charge is 0.296 e. The Morgan fingerprint density at radius 2 is 1.85 bits per heavy atom. The van der Waals surface area contributed by atoms with Gasteiger partial charge < -0.3 is 5.11 Å². The SMILES string of the molecule is Cc1ccc(S(=O)(=O)OC[C@@H]2[C@@H]3CC[C@H](C3)[C@@H]2O)cc1. The van der Waals surface area contributed by atoms with Crippen LogP contribution in [-0.2, 0) is 14.3 Å². The van der Waals surface area contributed by atoms with Gasteiger partial charge >= 0.3 is 0 Å². The first kappa shape index (κ1) is 14.0. The molecule has 20 heavy (non-hydrogen) atoms. The van der Waals surface area contributed by atoms with E-state index in [1.165, 1.54) is 0 Å². The van der Waals surface area contributed by atoms with Crippen LogP contribution in [0, 0.1) is 24.7 Å². The molecule has 2 fully saturated rings. The van der Waals surface area contributed by atoms with Crippen molar-refractivity contribution in [2.75, 3.05) is 6.61 Å². The molecule has 0 amide bonds. The van der Waals surface area contributed by atoms with Crippen molar-refractivity contribution >= 4 is 10.1 Å². The van der Waals surface area contributed by atoms with E-state index in [-0.39, 0.29) is 17.4 Å². The molecule has 5 heteroatoms. The average Bonchev–Trinajstić information content (AvgIpc) is 2.98. The van der Waals surface area contributed by atoms with Gasteiger partial charge in [-0.1, -0.05) is 17.7 Å². The number of aryl methyl sites for hydroxylation is 1. The average molecular weight is 296 g/mol. The zero-order chi connectivity index (χ0) is 14.3. The molecule has 0 aliphatic heterocycles. The van der Waals surface area contributed by atoms with E-state index < -0.39 is 16.2 Å². The molecule has 2 bridgehead atoms. The van der Waals surface area contributed by atoms with Crippen molar-refractivity contribution in [1.29, 1.82) is 0 Å². The first-order valence-electron chi connectivity index (χ1n) is 7.11. The number of benzene rings is 1. The van der Waals surface area contributed by atoms with Crippen LogP contribution in [0.1, 0.15) is 24.8 Å². The predicted molar refractivity (Wildman–Crippen MR) is 74.6 cm³/mol. The minimum atomic E-state index is -3.72. The zero-order valence-electron chi connectivity index (χ0n) is 11.5. The minimum absolute atomic E-state index is 0.0334. The molecule has 0 radical (unpaired) electrons. The van der Waals surface area contributed by atoms with Gasteiger partial charge in [0, 0.05) is 5.92 Å². The highest BCUT2D eigenvalue weighted by atomic mass is 32.2. The fourth-order valence-electron chi connectivity index (χ4n) is 3.56. The third-order valence-electron chi connectivity index (χ3n) is 4.77. The summed E-state index contributed by atoms with van der Waals surface area (Å²) in [6, 6.07) is 6.62. The molecule has 4 nitrogen and oxygen atoms in total. The highest BCUT2D eigenvalue weighted by Crippen LogP contribution is 2.48. The number of aliphatic hydroxyl groups excluding tert-OH is 1. The van der Waals surface area contributed by atoms with Gasteiger partial charge in [-0.3, -0.25) is 4.18 Å². The molecule has 1 aromatic carbocycles. The number of hydrogen-bond acceptors (Lipinski definition) is 4. The molecule has 110 valence electrons. The maximum absolute atomic E-state index is 12.1. The topological polar surface area (TPSA) is 63.6 Å². The van der Waals surface area contributed by atoms with E-state index in [0.717, 1.165) is 24.8 Å². The number of fused-ring (bicyclic) bond motifs is 2. The van der Waals surface area contributed by atoms with Gasteiger partial charge in [0.05, 0.1) is 17.6 Å². The lowest BCUT2D eigenvalue weighted by Gasteiger charge is -2.26. The summed E-state index contributed by atoms with van der Waals surface area (Å²) < 4.78 is 29.4. The Bertz CT molecular complexity index is 576. The van der Waals surface area contributed by atoms with E-state index in [0.29, 0.717) is 11.8 Å². The van der Waals surface area contributed by atoms with Crippen molar-refractivity contribution in [2.24, 2.45) is 17.8 Å². The molecular weight excluding hydrogens is 276 g/mol. The Balaban J connectivity index is 1.67. The number of rotatable bonds is 4. The molecular formula is C15H20O4S. The maximum Gasteiger partial charge on any atom is 0.296 e. The molecule has 0 heterocycles. The van der Waals surface area contributed by atoms with Crippen LogP contribution in [0.5, 0.6) is 0 Å². The first-order chi connectivity index (χ1) is 9.47. The molecule has 2 saturated carbocycles. The molecule has 0 saturated heterocycles. The van der Waals surface area contributed by atoms with Crippen LogP contribution in [0.3, 0.4) is 0 Å². The van der Waals surface area contributed by atoms with Crippen molar-refractivity contribution in [3.63, 3.8) is 0 Å². The van der Waals surface area contributed by atoms with Crippen LogP contribution in [0.25, 0.3) is 0 Å². The molecule has 1 N–H and O–H groups in total. The Hall–Kier alpha value is -0.910. The zero-order valence-corrected chi connectivity index (χ0v) is 12.3. The third-order valence-corrected chi connectivity index (χ3v) is 6.06. The molecule has 0 unspecified atom stereocenters. The van der Waals surface area contributed by atoms with E-state index in [1.807, 2.05) is 6.92 Å². The molecule has 0 spiro atoms. The standard InChI is InChI=1S/C15H20O4S/c1-10-2-6-13(7-3-10)20(17,18)19-9-14-11-4-5-12(8-11)15(14)16/h2-3,6-7,11-12,14-16H,4-5,8-9H2,1H3/t11-,12-,14-,15+/m1/s1. The lowest BCUT2D eigenvalue weighted by Crippen LogP contribution is -2.31. The lowest BCUT2D eigenvalue weighted by atomic mass is 9.87. The van der Waals surface area contributed by atoms with Gasteiger partial charge in [-0.25, -0.2) is 0 Å². The normalized spacial score (nSPS) is 32.7. The predicted octanol–water partition coefficient (Wildman–Crippen LogP) is 2.11. The first-order valence-corrected chi connectivity index (χ1v) is 8.52. The van der Waals surface area contributed by atoms with Crippen molar-refractivity contribution in [3.8, 4) is 0 Å². The highest BCUT2D eigenvalue weighted by molar-refractivity contribution is 7.86. The van der Waals surface area contributed by atoms with Crippen LogP contribution >= 0.6 is 0 Å². The van der Waals surface area contributed by atoms with Gasteiger partial charge in [0.15, 0.2) is 0 Å². The van der Waals surface area contributed by atoms with E-state index in [9.17, 15) is 13.5 Å². The third kappa shape index (κ3) is 2.50. The summed E-state index contributed by atoms with van der Waals surface area (Å²) in [6.07, 6.45) is 2.76. The van der Waals surface area contributed by atoms with Gasteiger partial charge in [0.1, 0.15) is 0 Å². The Labute approximate surface area is 119 Å². The van der Waals surface area contributed by atoms with Gasteiger partial charge in [-0.15, -0.1) is 0 Å². The summed E-state index contributed by atoms with van der Waals surface area (Å²) in [5, 5.41) is 10.1. The van der Waals surface area contributed by atoms with Crippen LogP contribution in [0.4, 0.5) is 0 Å². The fourth-order valence-corrected chi connectivity index (χ4v) is 4.50. The minimum Gasteiger partial charge on any atom is -0.392 e. The molecule has 2 aliphatic rings. The monoisotopic (exact) mass is 296 g/mol. The summed E-state index contributed by atoms with van der Waals surface area (Å²) in [7, 11) is -3.72. The lowest BCUT2D eigenvalue weighted by molar-refractivity contribution is 0.0350. The van der Waals surface area contributed by atoms with E-state index in [1.54, 1.807) is 24.3 Å². The van der Waals surface area contributed by atoms with Gasteiger partial charge in [-0.2, -0.15) is 8.42 Å². The van der Waals surface area contributed by atoms with E-state index >= 15 is 0 Å². The number of hydrogen-bond donors (Lipinski definition) is 1. The summed E-state index contributed by atoms with van der Waals surface area (Å²) in [5.74, 6) is 0.730. The summed E-state index contributed by atoms with van der Waals surface area (Å²) >= 11 is 0. The Kier molecular flexibility index (Phi) is 3.60. The second-order valence-corrected chi connectivity index (χ2v) is 7.65. The largest absolute Gasteiger partial charge is 0.392 e. The summed E-state index contributed by atoms with van der Waals surface area (Å²) in [6.45, 7) is 2.00. The van der Waals surface area contributed by atoms with Crippen LogP contribution in [0.15, 0.2) is 29.2 Å². The van der Waals surface area contributed by atoms with Crippen molar-refractivity contribution < 1.29 is 17.7 Å². The number of aliphatic hydroxyl groups is 1. The quantitative estimate of drug-likeness (QED) is 0.864. The Morgan fingerprint density at radius 1 is 1.20 bits per heavy atom.